The van der Waals surface area contributed by atoms with Gasteiger partial charge >= 0.3 is 0 Å². The molecule has 0 bridgehead atoms. The molecule has 0 unspecified atom stereocenters. The fourth-order valence-corrected chi connectivity index (χ4v) is 1.27. The first-order chi connectivity index (χ1) is 6.09. The summed E-state index contributed by atoms with van der Waals surface area (Å²) in [6.07, 6.45) is 0.162. The van der Waals surface area contributed by atoms with Crippen molar-refractivity contribution in [3.05, 3.63) is 34.1 Å². The second kappa shape index (κ2) is 4.72. The Bertz CT molecular complexity index is 286. The summed E-state index contributed by atoms with van der Waals surface area (Å²) in [5.41, 5.74) is 0.841. The maximum absolute atomic E-state index is 12.8. The van der Waals surface area contributed by atoms with E-state index in [0.29, 0.717) is 6.61 Å². The van der Waals surface area contributed by atoms with Gasteiger partial charge in [0, 0.05) is 4.47 Å². The summed E-state index contributed by atoms with van der Waals surface area (Å²) >= 11 is 3.33. The van der Waals surface area contributed by atoms with E-state index < -0.39 is 0 Å². The van der Waals surface area contributed by atoms with E-state index in [1.54, 1.807) is 6.07 Å². The van der Waals surface area contributed by atoms with Gasteiger partial charge in [0.15, 0.2) is 0 Å². The van der Waals surface area contributed by atoms with Crippen molar-refractivity contribution in [3.63, 3.8) is 0 Å². The van der Waals surface area contributed by atoms with Crippen molar-refractivity contribution in [2.45, 2.75) is 26.6 Å². The molecular weight excluding hydrogens is 235 g/mol. The zero-order valence-electron chi connectivity index (χ0n) is 7.68. The summed E-state index contributed by atoms with van der Waals surface area (Å²) in [4.78, 5) is 0. The van der Waals surface area contributed by atoms with Gasteiger partial charge in [0.1, 0.15) is 5.82 Å². The molecule has 0 amide bonds. The Labute approximate surface area is 86.0 Å². The van der Waals surface area contributed by atoms with Crippen molar-refractivity contribution in [2.24, 2.45) is 0 Å². The molecular formula is C10H12BrFO. The summed E-state index contributed by atoms with van der Waals surface area (Å²) in [7, 11) is 0. The smallest absolute Gasteiger partial charge is 0.123 e. The first-order valence-corrected chi connectivity index (χ1v) is 4.94. The normalized spacial score (nSPS) is 10.8. The standard InChI is InChI=1S/C10H12BrFO/c1-7(2)13-6-8-5-9(12)3-4-10(8)11/h3-5,7H,6H2,1-2H3. The molecule has 1 nitrogen and oxygen atoms in total. The molecule has 0 aliphatic carbocycles. The molecule has 3 heteroatoms. The minimum atomic E-state index is -0.231. The molecule has 0 aliphatic rings. The summed E-state index contributed by atoms with van der Waals surface area (Å²) in [5.74, 6) is -0.231. The number of halogens is 2. The van der Waals surface area contributed by atoms with Gasteiger partial charge in [-0.15, -0.1) is 0 Å². The van der Waals surface area contributed by atoms with Crippen LogP contribution in [0.5, 0.6) is 0 Å². The number of rotatable bonds is 3. The van der Waals surface area contributed by atoms with Crippen LogP contribution >= 0.6 is 15.9 Å². The second-order valence-electron chi connectivity index (χ2n) is 3.10. The van der Waals surface area contributed by atoms with Crippen LogP contribution in [0.15, 0.2) is 22.7 Å². The van der Waals surface area contributed by atoms with Crippen LogP contribution in [0.2, 0.25) is 0 Å². The van der Waals surface area contributed by atoms with E-state index in [4.69, 9.17) is 4.74 Å². The van der Waals surface area contributed by atoms with Crippen molar-refractivity contribution in [1.82, 2.24) is 0 Å². The van der Waals surface area contributed by atoms with Gasteiger partial charge in [-0.3, -0.25) is 0 Å². The molecule has 0 radical (unpaired) electrons. The lowest BCUT2D eigenvalue weighted by atomic mass is 10.2. The SMILES string of the molecule is CC(C)OCc1cc(F)ccc1Br. The lowest BCUT2D eigenvalue weighted by Gasteiger charge is -2.08. The van der Waals surface area contributed by atoms with Gasteiger partial charge in [0.2, 0.25) is 0 Å². The topological polar surface area (TPSA) is 9.23 Å². The molecule has 0 atom stereocenters. The van der Waals surface area contributed by atoms with Crippen molar-refractivity contribution in [3.8, 4) is 0 Å². The monoisotopic (exact) mass is 246 g/mol. The van der Waals surface area contributed by atoms with E-state index in [9.17, 15) is 4.39 Å². The predicted molar refractivity (Wildman–Crippen MR) is 54.0 cm³/mol. The second-order valence-corrected chi connectivity index (χ2v) is 3.95. The molecule has 72 valence electrons. The number of hydrogen-bond donors (Lipinski definition) is 0. The molecule has 0 fully saturated rings. The Hall–Kier alpha value is -0.410. The zero-order chi connectivity index (χ0) is 9.84. The van der Waals surface area contributed by atoms with Crippen molar-refractivity contribution >= 4 is 15.9 Å². The lowest BCUT2D eigenvalue weighted by molar-refractivity contribution is 0.0652. The Balaban J connectivity index is 2.70. The maximum atomic E-state index is 12.8. The molecule has 1 aromatic carbocycles. The minimum Gasteiger partial charge on any atom is -0.374 e. The Morgan fingerprint density at radius 1 is 1.46 bits per heavy atom. The average Bonchev–Trinajstić information content (AvgIpc) is 2.06. The lowest BCUT2D eigenvalue weighted by Crippen LogP contribution is -2.02. The molecule has 1 rings (SSSR count). The summed E-state index contributed by atoms with van der Waals surface area (Å²) in [6.45, 7) is 4.34. The molecule has 0 saturated carbocycles. The summed E-state index contributed by atoms with van der Waals surface area (Å²) in [6, 6.07) is 4.59. The van der Waals surface area contributed by atoms with Gasteiger partial charge in [-0.1, -0.05) is 15.9 Å². The van der Waals surface area contributed by atoms with Crippen LogP contribution < -0.4 is 0 Å². The van der Waals surface area contributed by atoms with Gasteiger partial charge in [0.25, 0.3) is 0 Å². The summed E-state index contributed by atoms with van der Waals surface area (Å²) < 4.78 is 19.0. The average molecular weight is 247 g/mol. The highest BCUT2D eigenvalue weighted by Crippen LogP contribution is 2.18. The molecule has 0 saturated heterocycles. The van der Waals surface area contributed by atoms with Gasteiger partial charge < -0.3 is 4.74 Å². The first kappa shape index (κ1) is 10.7. The van der Waals surface area contributed by atoms with Crippen molar-refractivity contribution < 1.29 is 9.13 Å². The van der Waals surface area contributed by atoms with E-state index in [0.717, 1.165) is 10.0 Å². The first-order valence-electron chi connectivity index (χ1n) is 4.15. The molecule has 0 spiro atoms. The number of hydrogen-bond acceptors (Lipinski definition) is 1. The van der Waals surface area contributed by atoms with Crippen LogP contribution in [0, 0.1) is 5.82 Å². The minimum absolute atomic E-state index is 0.162. The van der Waals surface area contributed by atoms with E-state index >= 15 is 0 Å². The molecule has 0 aromatic heterocycles. The third kappa shape index (κ3) is 3.44. The molecule has 1 aromatic rings. The highest BCUT2D eigenvalue weighted by Gasteiger charge is 2.02. The van der Waals surface area contributed by atoms with E-state index in [1.807, 2.05) is 13.8 Å². The van der Waals surface area contributed by atoms with Gasteiger partial charge in [-0.25, -0.2) is 4.39 Å². The molecule has 0 N–H and O–H groups in total. The zero-order valence-corrected chi connectivity index (χ0v) is 9.27. The molecule has 0 heterocycles. The Morgan fingerprint density at radius 3 is 2.77 bits per heavy atom. The largest absolute Gasteiger partial charge is 0.374 e. The fraction of sp³-hybridized carbons (Fsp3) is 0.400. The van der Waals surface area contributed by atoms with Gasteiger partial charge in [-0.2, -0.15) is 0 Å². The molecule has 0 aliphatic heterocycles. The molecule has 13 heavy (non-hydrogen) atoms. The highest BCUT2D eigenvalue weighted by molar-refractivity contribution is 9.10. The number of ether oxygens (including phenoxy) is 1. The maximum Gasteiger partial charge on any atom is 0.123 e. The van der Waals surface area contributed by atoms with Crippen molar-refractivity contribution in [1.29, 1.82) is 0 Å². The van der Waals surface area contributed by atoms with E-state index in [-0.39, 0.29) is 11.9 Å². The van der Waals surface area contributed by atoms with Crippen LogP contribution in [0.3, 0.4) is 0 Å². The van der Waals surface area contributed by atoms with Crippen LogP contribution in [0.4, 0.5) is 4.39 Å². The van der Waals surface area contributed by atoms with Crippen LogP contribution in [0.1, 0.15) is 19.4 Å². The van der Waals surface area contributed by atoms with Crippen LogP contribution in [0.25, 0.3) is 0 Å². The fourth-order valence-electron chi connectivity index (χ4n) is 0.910. The third-order valence-electron chi connectivity index (χ3n) is 1.58. The van der Waals surface area contributed by atoms with Crippen molar-refractivity contribution in [2.75, 3.05) is 0 Å². The predicted octanol–water partition coefficient (Wildman–Crippen LogP) is 3.51. The third-order valence-corrected chi connectivity index (χ3v) is 2.35. The van der Waals surface area contributed by atoms with Crippen LogP contribution in [-0.4, -0.2) is 6.10 Å². The van der Waals surface area contributed by atoms with Crippen LogP contribution in [-0.2, 0) is 11.3 Å². The van der Waals surface area contributed by atoms with Gasteiger partial charge in [-0.05, 0) is 37.6 Å². The number of benzene rings is 1. The Kier molecular flexibility index (Phi) is 3.88. The van der Waals surface area contributed by atoms with Gasteiger partial charge in [0.05, 0.1) is 12.7 Å². The highest BCUT2D eigenvalue weighted by atomic mass is 79.9. The summed E-state index contributed by atoms with van der Waals surface area (Å²) in [5, 5.41) is 0. The Morgan fingerprint density at radius 2 is 2.15 bits per heavy atom. The van der Waals surface area contributed by atoms with E-state index in [2.05, 4.69) is 15.9 Å². The van der Waals surface area contributed by atoms with E-state index in [1.165, 1.54) is 12.1 Å². The quantitative estimate of drug-likeness (QED) is 0.794.